The van der Waals surface area contributed by atoms with E-state index in [0.29, 0.717) is 0 Å². The Bertz CT molecular complexity index is 1040. The van der Waals surface area contributed by atoms with Crippen molar-refractivity contribution in [2.75, 3.05) is 0 Å². The summed E-state index contributed by atoms with van der Waals surface area (Å²) in [6, 6.07) is 30.1. The molecule has 4 heteroatoms. The van der Waals surface area contributed by atoms with Crippen molar-refractivity contribution < 1.29 is 0 Å². The van der Waals surface area contributed by atoms with Crippen LogP contribution in [0, 0.1) is 0 Å². The Balaban J connectivity index is 2.26. The van der Waals surface area contributed by atoms with Gasteiger partial charge >= 0.3 is 269 Å². The molecule has 0 heterocycles. The van der Waals surface area contributed by atoms with Crippen LogP contribution < -0.4 is 26.1 Å². The summed E-state index contributed by atoms with van der Waals surface area (Å²) in [5.41, 5.74) is 0. The van der Waals surface area contributed by atoms with Crippen LogP contribution in [-0.2, 0) is 0 Å². The van der Waals surface area contributed by atoms with Gasteiger partial charge in [0.1, 0.15) is 0 Å². The van der Waals surface area contributed by atoms with E-state index in [1.807, 2.05) is 0 Å². The topological polar surface area (TPSA) is 0 Å². The van der Waals surface area contributed by atoms with E-state index in [1.54, 1.807) is 26.1 Å². The molecular formula is C36H54As4. The standard InChI is InChI=1S/C36H54As4/c1-25(2)37(26(3)4)31-16-13-19-34(22-31)40(35-20-14-17-32(23-35)38(27(5)6)28(7)8)36-21-15-18-33(24-36)39(29(9)10)30(11)12/h13-30H,1-12H3. The maximum atomic E-state index is 2.68. The number of benzene rings is 3. The van der Waals surface area contributed by atoms with Crippen LogP contribution in [0.3, 0.4) is 0 Å². The van der Waals surface area contributed by atoms with E-state index in [2.05, 4.69) is 156 Å². The second-order valence-electron chi connectivity index (χ2n) is 12.7. The van der Waals surface area contributed by atoms with Crippen molar-refractivity contribution in [2.24, 2.45) is 0 Å². The van der Waals surface area contributed by atoms with Crippen LogP contribution >= 0.6 is 0 Å². The van der Waals surface area contributed by atoms with E-state index >= 15 is 0 Å². The van der Waals surface area contributed by atoms with E-state index in [4.69, 9.17) is 0 Å². The summed E-state index contributed by atoms with van der Waals surface area (Å²) in [5, 5.41) is 0. The summed E-state index contributed by atoms with van der Waals surface area (Å²) in [6.45, 7) is 29.5. The Morgan fingerprint density at radius 1 is 0.325 bits per heavy atom. The summed E-state index contributed by atoms with van der Waals surface area (Å²) in [4.78, 5) is 0. The summed E-state index contributed by atoms with van der Waals surface area (Å²) in [5.74, 6) is 0. The van der Waals surface area contributed by atoms with E-state index in [0.717, 1.165) is 28.2 Å². The van der Waals surface area contributed by atoms with Gasteiger partial charge in [-0.2, -0.15) is 0 Å². The van der Waals surface area contributed by atoms with Gasteiger partial charge in [0.2, 0.25) is 0 Å². The van der Waals surface area contributed by atoms with Crippen LogP contribution in [0.1, 0.15) is 83.1 Å². The third kappa shape index (κ3) is 8.50. The van der Waals surface area contributed by atoms with Gasteiger partial charge in [0.25, 0.3) is 0 Å². The fourth-order valence-corrected chi connectivity index (χ4v) is 31.3. The molecule has 0 bridgehead atoms. The van der Waals surface area contributed by atoms with Gasteiger partial charge < -0.3 is 0 Å². The molecular weight excluding hydrogens is 732 g/mol. The monoisotopic (exact) mass is 786 g/mol. The number of hydrogen-bond donors (Lipinski definition) is 0. The van der Waals surface area contributed by atoms with Gasteiger partial charge in [0, 0.05) is 0 Å². The molecule has 0 aliphatic heterocycles. The molecule has 3 aromatic rings. The molecule has 0 radical (unpaired) electrons. The third-order valence-electron chi connectivity index (χ3n) is 7.50. The van der Waals surface area contributed by atoms with Crippen molar-refractivity contribution in [1.29, 1.82) is 0 Å². The Morgan fingerprint density at radius 2 is 0.525 bits per heavy atom. The fourth-order valence-electron chi connectivity index (χ4n) is 6.40. The van der Waals surface area contributed by atoms with E-state index in [9.17, 15) is 0 Å². The SMILES string of the molecule is CC(C)[As](c1cccc([As](c2cccc([As](C(C)C)C(C)C)c2)c2cccc([As](C(C)C)C(C)C)c2)c1)C(C)C. The molecule has 0 amide bonds. The van der Waals surface area contributed by atoms with E-state index in [1.165, 1.54) is 0 Å². The summed E-state index contributed by atoms with van der Waals surface area (Å²) < 4.78 is 14.6. The first kappa shape index (κ1) is 34.4. The molecule has 0 fully saturated rings. The molecule has 0 N–H and O–H groups in total. The van der Waals surface area contributed by atoms with Crippen molar-refractivity contribution in [3.63, 3.8) is 0 Å². The molecule has 0 unspecified atom stereocenters. The molecule has 0 aromatic heterocycles. The zero-order chi connectivity index (χ0) is 29.7. The van der Waals surface area contributed by atoms with Gasteiger partial charge in [-0.05, 0) is 0 Å². The number of rotatable bonds is 12. The Kier molecular flexibility index (Phi) is 13.4. The zero-order valence-corrected chi connectivity index (χ0v) is 34.7. The zero-order valence-electron chi connectivity index (χ0n) is 27.2. The minimum atomic E-state index is -1.73. The van der Waals surface area contributed by atoms with Gasteiger partial charge in [-0.15, -0.1) is 0 Å². The first-order valence-corrected chi connectivity index (χ1v) is 27.4. The minimum absolute atomic E-state index is 0.781. The maximum absolute atomic E-state index is 2.68. The van der Waals surface area contributed by atoms with E-state index in [-0.39, 0.29) is 0 Å². The summed E-state index contributed by atoms with van der Waals surface area (Å²) in [6.07, 6.45) is 0. The molecule has 0 aliphatic rings. The van der Waals surface area contributed by atoms with Crippen molar-refractivity contribution in [2.45, 2.75) is 111 Å². The quantitative estimate of drug-likeness (QED) is 0.178. The first-order valence-electron chi connectivity index (χ1n) is 15.3. The Morgan fingerprint density at radius 3 is 0.725 bits per heavy atom. The number of hydrogen-bond acceptors (Lipinski definition) is 0. The van der Waals surface area contributed by atoms with Gasteiger partial charge in [-0.3, -0.25) is 0 Å². The second kappa shape index (κ2) is 15.6. The van der Waals surface area contributed by atoms with Gasteiger partial charge in [0.15, 0.2) is 0 Å². The molecule has 0 atom stereocenters. The van der Waals surface area contributed by atoms with Crippen LogP contribution in [0.25, 0.3) is 0 Å². The van der Waals surface area contributed by atoms with Crippen LogP contribution in [0.5, 0.6) is 0 Å². The molecule has 0 spiro atoms. The van der Waals surface area contributed by atoms with E-state index < -0.39 is 58.6 Å². The summed E-state index contributed by atoms with van der Waals surface area (Å²) >= 11 is -5.17. The molecule has 40 heavy (non-hydrogen) atoms. The average molecular weight is 787 g/mol. The third-order valence-corrected chi connectivity index (χ3v) is 32.0. The molecule has 0 saturated heterocycles. The second-order valence-corrected chi connectivity index (χ2v) is 38.7. The summed E-state index contributed by atoms with van der Waals surface area (Å²) in [7, 11) is 0. The van der Waals surface area contributed by atoms with Crippen LogP contribution in [0.15, 0.2) is 72.8 Å². The first-order chi connectivity index (χ1) is 18.8. The van der Waals surface area contributed by atoms with Crippen molar-refractivity contribution in [3.05, 3.63) is 72.8 Å². The molecule has 218 valence electrons. The molecule has 0 nitrogen and oxygen atoms in total. The van der Waals surface area contributed by atoms with Gasteiger partial charge in [-0.1, -0.05) is 0 Å². The Labute approximate surface area is 266 Å². The van der Waals surface area contributed by atoms with Crippen LogP contribution in [0.2, 0.25) is 28.2 Å². The van der Waals surface area contributed by atoms with Crippen molar-refractivity contribution in [1.82, 2.24) is 0 Å². The van der Waals surface area contributed by atoms with Crippen molar-refractivity contribution >= 4 is 84.7 Å². The van der Waals surface area contributed by atoms with Crippen LogP contribution in [-0.4, -0.2) is 58.6 Å². The fraction of sp³-hybridized carbons (Fsp3) is 0.500. The van der Waals surface area contributed by atoms with Gasteiger partial charge in [-0.25, -0.2) is 0 Å². The predicted molar refractivity (Wildman–Crippen MR) is 191 cm³/mol. The Hall–Kier alpha value is -0.106. The predicted octanol–water partition coefficient (Wildman–Crippen LogP) is 6.77. The van der Waals surface area contributed by atoms with Gasteiger partial charge in [0.05, 0.1) is 0 Å². The molecule has 3 aromatic carbocycles. The van der Waals surface area contributed by atoms with Crippen molar-refractivity contribution in [3.8, 4) is 0 Å². The average Bonchev–Trinajstić information content (AvgIpc) is 2.84. The molecule has 3 rings (SSSR count). The van der Waals surface area contributed by atoms with Crippen LogP contribution in [0.4, 0.5) is 0 Å². The molecule has 0 aliphatic carbocycles. The molecule has 0 saturated carbocycles. The normalized spacial score (nSPS) is 12.8.